The number of rotatable bonds is 5. The van der Waals surface area contributed by atoms with Crippen molar-refractivity contribution >= 4 is 41.6 Å². The van der Waals surface area contributed by atoms with E-state index in [-0.39, 0.29) is 42.1 Å². The molecule has 1 aliphatic heterocycles. The van der Waals surface area contributed by atoms with Crippen molar-refractivity contribution in [1.82, 2.24) is 10.2 Å². The van der Waals surface area contributed by atoms with Crippen molar-refractivity contribution in [3.63, 3.8) is 0 Å². The van der Waals surface area contributed by atoms with Gasteiger partial charge >= 0.3 is 5.97 Å². The summed E-state index contributed by atoms with van der Waals surface area (Å²) in [6.07, 6.45) is 0.222. The van der Waals surface area contributed by atoms with E-state index in [4.69, 9.17) is 0 Å². The number of nitrogens with one attached hydrogen (secondary N) is 1. The van der Waals surface area contributed by atoms with Gasteiger partial charge in [0.1, 0.15) is 11.6 Å². The first-order chi connectivity index (χ1) is 12.0. The molecule has 0 radical (unpaired) electrons. The summed E-state index contributed by atoms with van der Waals surface area (Å²) in [5.74, 6) is -0.457. The summed E-state index contributed by atoms with van der Waals surface area (Å²) in [4.78, 5) is 19.5. The Morgan fingerprint density at radius 3 is 2.58 bits per heavy atom. The lowest BCUT2D eigenvalue weighted by Crippen LogP contribution is -2.52. The Labute approximate surface area is 169 Å². The molecule has 1 aliphatic rings. The number of hydrogen-bond donors (Lipinski definition) is 1. The van der Waals surface area contributed by atoms with Crippen LogP contribution in [0.3, 0.4) is 0 Å². The molecule has 146 valence electrons. The second-order valence-electron chi connectivity index (χ2n) is 5.63. The normalized spacial score (nSPS) is 14.7. The molecule has 0 atom stereocenters. The Balaban J connectivity index is 0.00000338. The fourth-order valence-electron chi connectivity index (χ4n) is 2.67. The fraction of sp³-hybridized carbons (Fsp3) is 0.529. The monoisotopic (exact) mass is 482 g/mol. The summed E-state index contributed by atoms with van der Waals surface area (Å²) >= 11 is 0. The van der Waals surface area contributed by atoms with E-state index in [0.29, 0.717) is 45.2 Å². The standard InChI is InChI=1S/C17H24F2N4O2.HI/c1-3-20-17(21-7-6-16(24)25-2)23-10-8-22(9-11-23)15-12-13(18)4-5-14(15)19;/h4-5,12H,3,6-11H2,1-2H3,(H,20,21);1H. The van der Waals surface area contributed by atoms with E-state index < -0.39 is 11.6 Å². The Morgan fingerprint density at radius 2 is 1.96 bits per heavy atom. The second kappa shape index (κ2) is 11.1. The zero-order valence-electron chi connectivity index (χ0n) is 15.0. The number of methoxy groups -OCH3 is 1. The quantitative estimate of drug-likeness (QED) is 0.302. The van der Waals surface area contributed by atoms with Crippen LogP contribution in [0, 0.1) is 11.6 Å². The van der Waals surface area contributed by atoms with Gasteiger partial charge < -0.3 is 19.9 Å². The lowest BCUT2D eigenvalue weighted by molar-refractivity contribution is -0.140. The molecular weight excluding hydrogens is 457 g/mol. The summed E-state index contributed by atoms with van der Waals surface area (Å²) in [7, 11) is 1.35. The SMILES string of the molecule is CCNC(=NCCC(=O)OC)N1CCN(c2cc(F)ccc2F)CC1.I. The van der Waals surface area contributed by atoms with Gasteiger partial charge in [0.15, 0.2) is 5.96 Å². The number of carbonyl (C=O) groups is 1. The van der Waals surface area contributed by atoms with Gasteiger partial charge in [0, 0.05) is 38.8 Å². The Morgan fingerprint density at radius 1 is 1.27 bits per heavy atom. The van der Waals surface area contributed by atoms with Gasteiger partial charge in [-0.3, -0.25) is 9.79 Å². The van der Waals surface area contributed by atoms with E-state index in [0.717, 1.165) is 12.1 Å². The topological polar surface area (TPSA) is 57.2 Å². The number of hydrogen-bond acceptors (Lipinski definition) is 4. The summed E-state index contributed by atoms with van der Waals surface area (Å²) < 4.78 is 31.9. The minimum Gasteiger partial charge on any atom is -0.469 e. The predicted octanol–water partition coefficient (Wildman–Crippen LogP) is 2.23. The molecule has 1 heterocycles. The van der Waals surface area contributed by atoms with Crippen molar-refractivity contribution in [3.8, 4) is 0 Å². The smallest absolute Gasteiger partial charge is 0.307 e. The highest BCUT2D eigenvalue weighted by Crippen LogP contribution is 2.21. The number of guanidine groups is 1. The van der Waals surface area contributed by atoms with Crippen LogP contribution >= 0.6 is 24.0 Å². The third-order valence-electron chi connectivity index (χ3n) is 3.97. The summed E-state index contributed by atoms with van der Waals surface area (Å²) in [5, 5.41) is 3.19. The molecule has 1 saturated heterocycles. The van der Waals surface area contributed by atoms with Crippen LogP contribution in [0.1, 0.15) is 13.3 Å². The number of benzene rings is 1. The van der Waals surface area contributed by atoms with E-state index >= 15 is 0 Å². The summed E-state index contributed by atoms with van der Waals surface area (Å²) in [6.45, 7) is 5.38. The average molecular weight is 482 g/mol. The molecule has 1 N–H and O–H groups in total. The molecule has 1 aromatic carbocycles. The van der Waals surface area contributed by atoms with Crippen LogP contribution in [0.4, 0.5) is 14.5 Å². The van der Waals surface area contributed by atoms with Gasteiger partial charge in [-0.1, -0.05) is 0 Å². The van der Waals surface area contributed by atoms with Gasteiger partial charge in [-0.25, -0.2) is 8.78 Å². The van der Waals surface area contributed by atoms with Crippen LogP contribution in [0.25, 0.3) is 0 Å². The third-order valence-corrected chi connectivity index (χ3v) is 3.97. The number of anilines is 1. The lowest BCUT2D eigenvalue weighted by Gasteiger charge is -2.37. The van der Waals surface area contributed by atoms with Gasteiger partial charge in [-0.2, -0.15) is 0 Å². The largest absolute Gasteiger partial charge is 0.469 e. The highest BCUT2D eigenvalue weighted by Gasteiger charge is 2.22. The summed E-state index contributed by atoms with van der Waals surface area (Å²) in [6, 6.07) is 3.49. The first-order valence-corrected chi connectivity index (χ1v) is 8.35. The Bertz CT molecular complexity index is 623. The predicted molar refractivity (Wildman–Crippen MR) is 108 cm³/mol. The lowest BCUT2D eigenvalue weighted by atomic mass is 10.2. The third kappa shape index (κ3) is 6.26. The average Bonchev–Trinajstić information content (AvgIpc) is 2.63. The van der Waals surface area contributed by atoms with Gasteiger partial charge in [0.25, 0.3) is 0 Å². The van der Waals surface area contributed by atoms with Crippen molar-refractivity contribution < 1.29 is 18.3 Å². The van der Waals surface area contributed by atoms with Gasteiger partial charge in [0.2, 0.25) is 0 Å². The molecule has 0 unspecified atom stereocenters. The number of ether oxygens (including phenoxy) is 1. The molecule has 2 rings (SSSR count). The highest BCUT2D eigenvalue weighted by molar-refractivity contribution is 14.0. The van der Waals surface area contributed by atoms with E-state index in [2.05, 4.69) is 19.9 Å². The van der Waals surface area contributed by atoms with Crippen LogP contribution in [0.15, 0.2) is 23.2 Å². The van der Waals surface area contributed by atoms with Crippen molar-refractivity contribution in [2.24, 2.45) is 4.99 Å². The van der Waals surface area contributed by atoms with Crippen molar-refractivity contribution in [3.05, 3.63) is 29.8 Å². The minimum atomic E-state index is -0.448. The second-order valence-corrected chi connectivity index (χ2v) is 5.63. The van der Waals surface area contributed by atoms with Gasteiger partial charge in [-0.15, -0.1) is 24.0 Å². The van der Waals surface area contributed by atoms with Crippen molar-refractivity contribution in [2.45, 2.75) is 13.3 Å². The zero-order chi connectivity index (χ0) is 18.2. The van der Waals surface area contributed by atoms with E-state index in [9.17, 15) is 13.6 Å². The van der Waals surface area contributed by atoms with E-state index in [1.54, 1.807) is 0 Å². The number of halogens is 3. The van der Waals surface area contributed by atoms with Crippen molar-refractivity contribution in [2.75, 3.05) is 51.3 Å². The molecule has 0 amide bonds. The molecule has 0 aromatic heterocycles. The Kier molecular flexibility index (Phi) is 9.60. The number of piperazine rings is 1. The maximum atomic E-state index is 13.9. The molecule has 0 saturated carbocycles. The molecule has 0 aliphatic carbocycles. The number of carbonyl (C=O) groups excluding carboxylic acids is 1. The first kappa shape index (κ1) is 22.4. The maximum Gasteiger partial charge on any atom is 0.307 e. The molecule has 6 nitrogen and oxygen atoms in total. The van der Waals surface area contributed by atoms with Gasteiger partial charge in [-0.05, 0) is 19.1 Å². The van der Waals surface area contributed by atoms with Crippen molar-refractivity contribution in [1.29, 1.82) is 0 Å². The fourth-order valence-corrected chi connectivity index (χ4v) is 2.67. The van der Waals surface area contributed by atoms with Gasteiger partial charge in [0.05, 0.1) is 25.8 Å². The van der Waals surface area contributed by atoms with E-state index in [1.807, 2.05) is 11.8 Å². The molecule has 0 bridgehead atoms. The summed E-state index contributed by atoms with van der Waals surface area (Å²) in [5.41, 5.74) is 0.285. The zero-order valence-corrected chi connectivity index (χ0v) is 17.3. The van der Waals surface area contributed by atoms with Crippen LogP contribution in [0.2, 0.25) is 0 Å². The van der Waals surface area contributed by atoms with E-state index in [1.165, 1.54) is 13.2 Å². The molecular formula is C17H25F2IN4O2. The first-order valence-electron chi connectivity index (χ1n) is 8.35. The molecule has 1 fully saturated rings. The number of nitrogens with zero attached hydrogens (tertiary/aromatic N) is 3. The van der Waals surface area contributed by atoms with Crippen LogP contribution in [-0.4, -0.2) is 63.2 Å². The number of aliphatic imine (C=N–C) groups is 1. The number of esters is 1. The van der Waals surface area contributed by atoms with Crippen LogP contribution in [-0.2, 0) is 9.53 Å². The Hall–Kier alpha value is -1.65. The van der Waals surface area contributed by atoms with Crippen LogP contribution < -0.4 is 10.2 Å². The maximum absolute atomic E-state index is 13.9. The molecule has 26 heavy (non-hydrogen) atoms. The van der Waals surface area contributed by atoms with Crippen LogP contribution in [0.5, 0.6) is 0 Å². The minimum absolute atomic E-state index is 0. The molecule has 1 aromatic rings. The molecule has 0 spiro atoms. The highest BCUT2D eigenvalue weighted by atomic mass is 127. The molecule has 9 heteroatoms.